The van der Waals surface area contributed by atoms with Crippen LogP contribution in [0.4, 0.5) is 9.18 Å². The molecular weight excluding hydrogens is 265 g/mol. The van der Waals surface area contributed by atoms with Crippen LogP contribution in [0.25, 0.3) is 0 Å². The summed E-state index contributed by atoms with van der Waals surface area (Å²) in [5, 5.41) is 13.3. The zero-order chi connectivity index (χ0) is 15.0. The Kier molecular flexibility index (Phi) is 6.00. The molecule has 0 aliphatic carbocycles. The highest BCUT2D eigenvalue weighted by Crippen LogP contribution is 2.09. The molecule has 1 rings (SSSR count). The van der Waals surface area contributed by atoms with Gasteiger partial charge in [-0.2, -0.15) is 0 Å². The number of urea groups is 1. The van der Waals surface area contributed by atoms with E-state index in [0.29, 0.717) is 5.56 Å². The van der Waals surface area contributed by atoms with Crippen LogP contribution in [0.1, 0.15) is 15.9 Å². The van der Waals surface area contributed by atoms with Crippen molar-refractivity contribution in [1.29, 1.82) is 0 Å². The molecule has 0 aliphatic heterocycles. The van der Waals surface area contributed by atoms with E-state index in [-0.39, 0.29) is 25.3 Å². The first kappa shape index (κ1) is 15.5. The molecule has 0 radical (unpaired) electrons. The lowest BCUT2D eigenvalue weighted by atomic mass is 10.1. The first-order valence-electron chi connectivity index (χ1n) is 5.75. The van der Waals surface area contributed by atoms with E-state index >= 15 is 0 Å². The molecule has 0 saturated carbocycles. The molecule has 0 bridgehead atoms. The van der Waals surface area contributed by atoms with Crippen molar-refractivity contribution in [3.05, 3.63) is 35.1 Å². The van der Waals surface area contributed by atoms with Gasteiger partial charge in [0.2, 0.25) is 0 Å². The zero-order valence-electron chi connectivity index (χ0n) is 10.6. The number of nitrogens with two attached hydrogens (primary N) is 1. The number of aliphatic hydroxyl groups is 1. The monoisotopic (exact) mass is 279 g/mol. The van der Waals surface area contributed by atoms with E-state index < -0.39 is 17.8 Å². The van der Waals surface area contributed by atoms with Crippen molar-refractivity contribution in [3.8, 4) is 11.8 Å². The second-order valence-corrected chi connectivity index (χ2v) is 3.70. The van der Waals surface area contributed by atoms with Gasteiger partial charge in [0.05, 0.1) is 5.56 Å². The molecule has 0 aromatic heterocycles. The SMILES string of the molecule is NC(=O)NCCNC(=O)c1cc(C#CCO)ccc1F. The summed E-state index contributed by atoms with van der Waals surface area (Å²) in [6, 6.07) is 3.11. The molecule has 20 heavy (non-hydrogen) atoms. The van der Waals surface area contributed by atoms with Crippen LogP contribution in [0.3, 0.4) is 0 Å². The fraction of sp³-hybridized carbons (Fsp3) is 0.231. The number of benzene rings is 1. The third kappa shape index (κ3) is 4.96. The second-order valence-electron chi connectivity index (χ2n) is 3.70. The van der Waals surface area contributed by atoms with Crippen LogP contribution < -0.4 is 16.4 Å². The summed E-state index contributed by atoms with van der Waals surface area (Å²) in [6.45, 7) is -0.0574. The summed E-state index contributed by atoms with van der Waals surface area (Å²) in [5.41, 5.74) is 5.11. The van der Waals surface area contributed by atoms with E-state index in [9.17, 15) is 14.0 Å². The number of aliphatic hydroxyl groups excluding tert-OH is 1. The molecule has 0 spiro atoms. The molecule has 0 fully saturated rings. The largest absolute Gasteiger partial charge is 0.384 e. The number of hydrogen-bond donors (Lipinski definition) is 4. The van der Waals surface area contributed by atoms with Crippen molar-refractivity contribution in [3.63, 3.8) is 0 Å². The van der Waals surface area contributed by atoms with E-state index in [2.05, 4.69) is 22.5 Å². The average molecular weight is 279 g/mol. The van der Waals surface area contributed by atoms with Crippen LogP contribution >= 0.6 is 0 Å². The lowest BCUT2D eigenvalue weighted by Crippen LogP contribution is -2.37. The van der Waals surface area contributed by atoms with Gasteiger partial charge in [-0.3, -0.25) is 4.79 Å². The van der Waals surface area contributed by atoms with Crippen LogP contribution in [0.15, 0.2) is 18.2 Å². The summed E-state index contributed by atoms with van der Waals surface area (Å²) in [4.78, 5) is 22.2. The van der Waals surface area contributed by atoms with Gasteiger partial charge in [0, 0.05) is 18.7 Å². The van der Waals surface area contributed by atoms with Gasteiger partial charge in [-0.15, -0.1) is 0 Å². The van der Waals surface area contributed by atoms with Crippen molar-refractivity contribution < 1.29 is 19.1 Å². The number of primary amides is 1. The van der Waals surface area contributed by atoms with Crippen LogP contribution in [0.2, 0.25) is 0 Å². The topological polar surface area (TPSA) is 104 Å². The van der Waals surface area contributed by atoms with Gasteiger partial charge in [0.15, 0.2) is 0 Å². The van der Waals surface area contributed by atoms with Crippen molar-refractivity contribution >= 4 is 11.9 Å². The second kappa shape index (κ2) is 7.76. The Bertz CT molecular complexity index is 564. The van der Waals surface area contributed by atoms with E-state index in [0.717, 1.165) is 6.07 Å². The number of halogens is 1. The Morgan fingerprint density at radius 2 is 2.00 bits per heavy atom. The number of carbonyl (C=O) groups excluding carboxylic acids is 2. The molecule has 7 heteroatoms. The summed E-state index contributed by atoms with van der Waals surface area (Å²) >= 11 is 0. The maximum Gasteiger partial charge on any atom is 0.312 e. The highest BCUT2D eigenvalue weighted by atomic mass is 19.1. The van der Waals surface area contributed by atoms with Crippen molar-refractivity contribution in [2.45, 2.75) is 0 Å². The lowest BCUT2D eigenvalue weighted by Gasteiger charge is -2.06. The fourth-order valence-electron chi connectivity index (χ4n) is 1.38. The Labute approximate surface area is 115 Å². The van der Waals surface area contributed by atoms with Crippen LogP contribution in [0.5, 0.6) is 0 Å². The number of amides is 3. The molecule has 1 aromatic carbocycles. The highest BCUT2D eigenvalue weighted by molar-refractivity contribution is 5.94. The van der Waals surface area contributed by atoms with Gasteiger partial charge in [0.1, 0.15) is 12.4 Å². The molecule has 106 valence electrons. The Balaban J connectivity index is 2.69. The van der Waals surface area contributed by atoms with Gasteiger partial charge in [-0.25, -0.2) is 9.18 Å². The van der Waals surface area contributed by atoms with Gasteiger partial charge in [-0.1, -0.05) is 11.8 Å². The van der Waals surface area contributed by atoms with Gasteiger partial charge in [-0.05, 0) is 18.2 Å². The maximum absolute atomic E-state index is 13.5. The van der Waals surface area contributed by atoms with Crippen LogP contribution in [-0.2, 0) is 0 Å². The highest BCUT2D eigenvalue weighted by Gasteiger charge is 2.11. The standard InChI is InChI=1S/C13H14FN3O3/c14-11-4-3-9(2-1-7-18)8-10(11)12(19)16-5-6-17-13(15)20/h3-4,8,18H,5-7H2,(H,16,19)(H3,15,17,20). The third-order valence-corrected chi connectivity index (χ3v) is 2.23. The summed E-state index contributed by atoms with van der Waals surface area (Å²) in [7, 11) is 0. The Morgan fingerprint density at radius 3 is 2.65 bits per heavy atom. The molecule has 3 amide bonds. The van der Waals surface area contributed by atoms with Crippen LogP contribution in [0, 0.1) is 17.7 Å². The Hall–Kier alpha value is -2.59. The van der Waals surface area contributed by atoms with Crippen molar-refractivity contribution in [2.75, 3.05) is 19.7 Å². The number of rotatable bonds is 4. The van der Waals surface area contributed by atoms with Crippen molar-refractivity contribution in [2.24, 2.45) is 5.73 Å². The normalized spacial score (nSPS) is 9.30. The van der Waals surface area contributed by atoms with E-state index in [1.165, 1.54) is 12.1 Å². The summed E-state index contributed by atoms with van der Waals surface area (Å²) in [6.07, 6.45) is 0. The molecule has 0 atom stereocenters. The van der Waals surface area contributed by atoms with E-state index in [1.807, 2.05) is 0 Å². The number of hydrogen-bond acceptors (Lipinski definition) is 3. The first-order chi connectivity index (χ1) is 9.54. The lowest BCUT2D eigenvalue weighted by molar-refractivity contribution is 0.0950. The van der Waals surface area contributed by atoms with E-state index in [4.69, 9.17) is 10.8 Å². The summed E-state index contributed by atoms with van der Waals surface area (Å²) < 4.78 is 13.5. The van der Waals surface area contributed by atoms with Gasteiger partial charge < -0.3 is 21.5 Å². The molecule has 0 heterocycles. The minimum Gasteiger partial charge on any atom is -0.384 e. The molecule has 6 nitrogen and oxygen atoms in total. The number of carbonyl (C=O) groups is 2. The summed E-state index contributed by atoms with van der Waals surface area (Å²) in [5.74, 6) is 3.68. The van der Waals surface area contributed by atoms with Crippen LogP contribution in [-0.4, -0.2) is 36.7 Å². The molecule has 0 saturated heterocycles. The first-order valence-corrected chi connectivity index (χ1v) is 5.75. The predicted octanol–water partition coefficient (Wildman–Crippen LogP) is -0.432. The van der Waals surface area contributed by atoms with Gasteiger partial charge >= 0.3 is 6.03 Å². The van der Waals surface area contributed by atoms with E-state index in [1.54, 1.807) is 0 Å². The minimum atomic E-state index is -0.702. The minimum absolute atomic E-state index is 0.119. The number of nitrogens with one attached hydrogen (secondary N) is 2. The van der Waals surface area contributed by atoms with Crippen molar-refractivity contribution in [1.82, 2.24) is 10.6 Å². The molecule has 5 N–H and O–H groups in total. The molecule has 1 aromatic rings. The predicted molar refractivity (Wildman–Crippen MR) is 70.3 cm³/mol. The third-order valence-electron chi connectivity index (χ3n) is 2.23. The quantitative estimate of drug-likeness (QED) is 0.444. The average Bonchev–Trinajstić information content (AvgIpc) is 2.42. The van der Waals surface area contributed by atoms with Gasteiger partial charge in [0.25, 0.3) is 5.91 Å². The maximum atomic E-state index is 13.5. The Morgan fingerprint density at radius 1 is 1.30 bits per heavy atom. The molecule has 0 aliphatic rings. The fourth-order valence-corrected chi connectivity index (χ4v) is 1.38. The smallest absolute Gasteiger partial charge is 0.312 e. The zero-order valence-corrected chi connectivity index (χ0v) is 10.6. The molecule has 0 unspecified atom stereocenters. The molecular formula is C13H14FN3O3.